The van der Waals surface area contributed by atoms with Crippen molar-refractivity contribution in [2.24, 2.45) is 0 Å². The monoisotopic (exact) mass is 179 g/mol. The molecule has 0 aliphatic carbocycles. The molecule has 0 atom stereocenters. The van der Waals surface area contributed by atoms with Crippen LogP contribution in [-0.4, -0.2) is 11.5 Å². The van der Waals surface area contributed by atoms with E-state index in [4.69, 9.17) is 5.73 Å². The van der Waals surface area contributed by atoms with E-state index in [2.05, 4.69) is 17.2 Å². The average molecular weight is 179 g/mol. The number of hydrogen-bond acceptors (Lipinski definition) is 3. The fraction of sp³-hybridized carbons (Fsp3) is 0.500. The number of nitrogens with one attached hydrogen (secondary N) is 1. The average Bonchev–Trinajstić information content (AvgIpc) is 2.13. The Labute approximate surface area is 79.4 Å². The minimum atomic E-state index is 0.570. The molecule has 0 aliphatic heterocycles. The van der Waals surface area contributed by atoms with Crippen molar-refractivity contribution in [2.45, 2.75) is 26.2 Å². The van der Waals surface area contributed by atoms with Gasteiger partial charge in [-0.25, -0.2) is 4.98 Å². The molecule has 13 heavy (non-hydrogen) atoms. The third-order valence-electron chi connectivity index (χ3n) is 1.86. The summed E-state index contributed by atoms with van der Waals surface area (Å²) in [6.07, 6.45) is 3.69. The molecule has 1 aromatic rings. The van der Waals surface area contributed by atoms with Crippen molar-refractivity contribution in [3.63, 3.8) is 0 Å². The fourth-order valence-corrected chi connectivity index (χ4v) is 1.14. The Hall–Kier alpha value is -1.25. The first-order valence-corrected chi connectivity index (χ1v) is 4.79. The Morgan fingerprint density at radius 1 is 1.38 bits per heavy atom. The molecule has 1 aromatic heterocycles. The Balaban J connectivity index is 2.28. The van der Waals surface area contributed by atoms with Crippen LogP contribution in [0, 0.1) is 0 Å². The Bertz CT molecular complexity index is 248. The second-order valence-corrected chi connectivity index (χ2v) is 3.08. The van der Waals surface area contributed by atoms with Crippen LogP contribution in [0.5, 0.6) is 0 Å². The maximum Gasteiger partial charge on any atom is 0.128 e. The molecule has 3 heteroatoms. The van der Waals surface area contributed by atoms with Crippen LogP contribution in [0.1, 0.15) is 26.2 Å². The molecular formula is C10H17N3. The van der Waals surface area contributed by atoms with Gasteiger partial charge in [-0.15, -0.1) is 0 Å². The Morgan fingerprint density at radius 3 is 2.92 bits per heavy atom. The van der Waals surface area contributed by atoms with Gasteiger partial charge in [0.2, 0.25) is 0 Å². The van der Waals surface area contributed by atoms with Crippen molar-refractivity contribution < 1.29 is 0 Å². The lowest BCUT2D eigenvalue weighted by Gasteiger charge is -2.04. The molecule has 3 nitrogen and oxygen atoms in total. The second kappa shape index (κ2) is 5.41. The second-order valence-electron chi connectivity index (χ2n) is 3.08. The van der Waals surface area contributed by atoms with Crippen molar-refractivity contribution in [1.82, 2.24) is 4.98 Å². The first-order valence-electron chi connectivity index (χ1n) is 4.79. The zero-order valence-corrected chi connectivity index (χ0v) is 8.09. The number of nitrogens with zero attached hydrogens (tertiary/aromatic N) is 1. The summed E-state index contributed by atoms with van der Waals surface area (Å²) in [5.41, 5.74) is 5.54. The molecule has 0 aliphatic rings. The first-order chi connectivity index (χ1) is 6.33. The van der Waals surface area contributed by atoms with E-state index in [0.29, 0.717) is 5.82 Å². The molecule has 0 saturated carbocycles. The molecule has 1 heterocycles. The summed E-state index contributed by atoms with van der Waals surface area (Å²) in [4.78, 5) is 4.14. The van der Waals surface area contributed by atoms with Crippen molar-refractivity contribution in [2.75, 3.05) is 17.6 Å². The highest BCUT2D eigenvalue weighted by Gasteiger charge is 1.92. The van der Waals surface area contributed by atoms with E-state index < -0.39 is 0 Å². The van der Waals surface area contributed by atoms with Gasteiger partial charge < -0.3 is 11.1 Å². The van der Waals surface area contributed by atoms with Gasteiger partial charge in [0.1, 0.15) is 11.6 Å². The highest BCUT2D eigenvalue weighted by atomic mass is 15.0. The van der Waals surface area contributed by atoms with Gasteiger partial charge in [-0.2, -0.15) is 0 Å². The predicted octanol–water partition coefficient (Wildman–Crippen LogP) is 2.27. The van der Waals surface area contributed by atoms with Gasteiger partial charge >= 0.3 is 0 Å². The lowest BCUT2D eigenvalue weighted by Crippen LogP contribution is -2.03. The molecule has 0 unspecified atom stereocenters. The summed E-state index contributed by atoms with van der Waals surface area (Å²) in [6, 6.07) is 5.63. The third-order valence-corrected chi connectivity index (χ3v) is 1.86. The Morgan fingerprint density at radius 2 is 2.23 bits per heavy atom. The predicted molar refractivity (Wildman–Crippen MR) is 56.7 cm³/mol. The summed E-state index contributed by atoms with van der Waals surface area (Å²) in [5.74, 6) is 1.44. The van der Waals surface area contributed by atoms with Crippen LogP contribution in [0.3, 0.4) is 0 Å². The SMILES string of the molecule is CCCCCNc1cccc(N)n1. The molecule has 0 amide bonds. The van der Waals surface area contributed by atoms with Gasteiger partial charge in [-0.3, -0.25) is 0 Å². The van der Waals surface area contributed by atoms with Gasteiger partial charge in [0.25, 0.3) is 0 Å². The molecule has 0 radical (unpaired) electrons. The van der Waals surface area contributed by atoms with Crippen molar-refractivity contribution >= 4 is 11.6 Å². The molecule has 0 bridgehead atoms. The highest BCUT2D eigenvalue weighted by molar-refractivity contribution is 5.41. The maximum atomic E-state index is 5.54. The minimum Gasteiger partial charge on any atom is -0.384 e. The quantitative estimate of drug-likeness (QED) is 0.682. The van der Waals surface area contributed by atoms with Gasteiger partial charge in [-0.05, 0) is 18.6 Å². The van der Waals surface area contributed by atoms with Crippen molar-refractivity contribution in [1.29, 1.82) is 0 Å². The van der Waals surface area contributed by atoms with E-state index in [9.17, 15) is 0 Å². The summed E-state index contributed by atoms with van der Waals surface area (Å²) >= 11 is 0. The summed E-state index contributed by atoms with van der Waals surface area (Å²) in [7, 11) is 0. The van der Waals surface area contributed by atoms with E-state index in [0.717, 1.165) is 12.4 Å². The lowest BCUT2D eigenvalue weighted by atomic mass is 10.2. The van der Waals surface area contributed by atoms with E-state index >= 15 is 0 Å². The highest BCUT2D eigenvalue weighted by Crippen LogP contribution is 2.05. The van der Waals surface area contributed by atoms with Crippen molar-refractivity contribution in [3.8, 4) is 0 Å². The molecule has 72 valence electrons. The van der Waals surface area contributed by atoms with Crippen LogP contribution >= 0.6 is 0 Å². The van der Waals surface area contributed by atoms with Gasteiger partial charge in [0, 0.05) is 6.54 Å². The van der Waals surface area contributed by atoms with Crippen LogP contribution in [0.2, 0.25) is 0 Å². The third kappa shape index (κ3) is 3.78. The Kier molecular flexibility index (Phi) is 4.09. The van der Waals surface area contributed by atoms with Crippen molar-refractivity contribution in [3.05, 3.63) is 18.2 Å². The zero-order chi connectivity index (χ0) is 9.52. The van der Waals surface area contributed by atoms with Crippen LogP contribution in [0.25, 0.3) is 0 Å². The van der Waals surface area contributed by atoms with E-state index in [1.165, 1.54) is 19.3 Å². The minimum absolute atomic E-state index is 0.570. The number of aromatic nitrogens is 1. The number of nitrogen functional groups attached to an aromatic ring is 1. The first kappa shape index (κ1) is 9.84. The number of pyridine rings is 1. The number of anilines is 2. The summed E-state index contributed by atoms with van der Waals surface area (Å²) in [5, 5.41) is 3.23. The largest absolute Gasteiger partial charge is 0.384 e. The number of rotatable bonds is 5. The molecule has 0 aromatic carbocycles. The van der Waals surface area contributed by atoms with E-state index in [-0.39, 0.29) is 0 Å². The van der Waals surface area contributed by atoms with Crippen LogP contribution in [0.15, 0.2) is 18.2 Å². The molecule has 0 spiro atoms. The molecule has 3 N–H and O–H groups in total. The lowest BCUT2D eigenvalue weighted by molar-refractivity contribution is 0.742. The summed E-state index contributed by atoms with van der Waals surface area (Å²) in [6.45, 7) is 3.17. The molecular weight excluding hydrogens is 162 g/mol. The molecule has 0 saturated heterocycles. The smallest absolute Gasteiger partial charge is 0.128 e. The molecule has 0 fully saturated rings. The van der Waals surface area contributed by atoms with Crippen LogP contribution in [-0.2, 0) is 0 Å². The fourth-order valence-electron chi connectivity index (χ4n) is 1.14. The van der Waals surface area contributed by atoms with Gasteiger partial charge in [0.05, 0.1) is 0 Å². The summed E-state index contributed by atoms with van der Waals surface area (Å²) < 4.78 is 0. The number of nitrogens with two attached hydrogens (primary N) is 1. The standard InChI is InChI=1S/C10H17N3/c1-2-3-4-8-12-10-7-5-6-9(11)13-10/h5-7H,2-4,8H2,1H3,(H3,11,12,13). The number of hydrogen-bond donors (Lipinski definition) is 2. The van der Waals surface area contributed by atoms with Crippen LogP contribution in [0.4, 0.5) is 11.6 Å². The number of unbranched alkanes of at least 4 members (excludes halogenated alkanes) is 2. The van der Waals surface area contributed by atoms with Gasteiger partial charge in [-0.1, -0.05) is 25.8 Å². The van der Waals surface area contributed by atoms with Crippen LogP contribution < -0.4 is 11.1 Å². The topological polar surface area (TPSA) is 50.9 Å². The van der Waals surface area contributed by atoms with E-state index in [1.807, 2.05) is 12.1 Å². The maximum absolute atomic E-state index is 5.54. The molecule has 1 rings (SSSR count). The van der Waals surface area contributed by atoms with Gasteiger partial charge in [0.15, 0.2) is 0 Å². The normalized spacial score (nSPS) is 9.92. The van der Waals surface area contributed by atoms with E-state index in [1.54, 1.807) is 6.07 Å². The zero-order valence-electron chi connectivity index (χ0n) is 8.09.